The highest BCUT2D eigenvalue weighted by atomic mass is 16.3. The van der Waals surface area contributed by atoms with Crippen LogP contribution in [0.4, 0.5) is 0 Å². The van der Waals surface area contributed by atoms with Gasteiger partial charge in [-0.15, -0.1) is 0 Å². The lowest BCUT2D eigenvalue weighted by molar-refractivity contribution is 0.468. The van der Waals surface area contributed by atoms with Gasteiger partial charge in [0.15, 0.2) is 0 Å². The molecule has 0 radical (unpaired) electrons. The van der Waals surface area contributed by atoms with E-state index in [-0.39, 0.29) is 6.04 Å². The molecule has 2 aromatic rings. The minimum atomic E-state index is -0.0602. The third kappa shape index (κ3) is 2.84. The molecule has 0 aliphatic heterocycles. The second-order valence-corrected chi connectivity index (χ2v) is 3.67. The van der Waals surface area contributed by atoms with Crippen molar-refractivity contribution in [2.24, 2.45) is 5.73 Å². The maximum absolute atomic E-state index is 5.96. The van der Waals surface area contributed by atoms with Crippen LogP contribution in [-0.2, 0) is 0 Å². The molecule has 0 spiro atoms. The Balaban J connectivity index is 1.90. The molecule has 2 N–H and O–H groups in total. The van der Waals surface area contributed by atoms with E-state index in [4.69, 9.17) is 10.2 Å². The molecule has 0 saturated heterocycles. The summed E-state index contributed by atoms with van der Waals surface area (Å²) in [6.07, 6.45) is 6.57. The SMILES string of the molecule is NC(CC=Cc1ccccc1)c1ccco1. The highest BCUT2D eigenvalue weighted by Crippen LogP contribution is 2.15. The van der Waals surface area contributed by atoms with Crippen molar-refractivity contribution in [1.82, 2.24) is 0 Å². The Morgan fingerprint density at radius 3 is 2.62 bits per heavy atom. The highest BCUT2D eigenvalue weighted by molar-refractivity contribution is 5.48. The van der Waals surface area contributed by atoms with Crippen LogP contribution in [0.3, 0.4) is 0 Å². The molecular formula is C14H15NO. The van der Waals surface area contributed by atoms with Crippen LogP contribution in [0.2, 0.25) is 0 Å². The molecule has 0 aliphatic rings. The Bertz CT molecular complexity index is 431. The average molecular weight is 213 g/mol. The van der Waals surface area contributed by atoms with Gasteiger partial charge in [-0.05, 0) is 24.1 Å². The summed E-state index contributed by atoms with van der Waals surface area (Å²) in [7, 11) is 0. The van der Waals surface area contributed by atoms with E-state index < -0.39 is 0 Å². The van der Waals surface area contributed by atoms with Crippen molar-refractivity contribution in [3.63, 3.8) is 0 Å². The Labute approximate surface area is 95.4 Å². The lowest BCUT2D eigenvalue weighted by atomic mass is 10.1. The van der Waals surface area contributed by atoms with E-state index in [2.05, 4.69) is 24.3 Å². The summed E-state index contributed by atoms with van der Waals surface area (Å²) in [6.45, 7) is 0. The van der Waals surface area contributed by atoms with Gasteiger partial charge in [0.2, 0.25) is 0 Å². The second kappa shape index (κ2) is 5.33. The van der Waals surface area contributed by atoms with Crippen molar-refractivity contribution in [3.8, 4) is 0 Å². The Kier molecular flexibility index (Phi) is 3.57. The van der Waals surface area contributed by atoms with Gasteiger partial charge < -0.3 is 10.2 Å². The topological polar surface area (TPSA) is 39.2 Å². The molecule has 16 heavy (non-hydrogen) atoms. The molecular weight excluding hydrogens is 198 g/mol. The molecule has 82 valence electrons. The van der Waals surface area contributed by atoms with Crippen LogP contribution in [0, 0.1) is 0 Å². The zero-order chi connectivity index (χ0) is 11.2. The Morgan fingerprint density at radius 2 is 1.94 bits per heavy atom. The zero-order valence-corrected chi connectivity index (χ0v) is 9.04. The Morgan fingerprint density at radius 1 is 1.12 bits per heavy atom. The fraction of sp³-hybridized carbons (Fsp3) is 0.143. The highest BCUT2D eigenvalue weighted by Gasteiger charge is 2.05. The zero-order valence-electron chi connectivity index (χ0n) is 9.04. The first-order valence-electron chi connectivity index (χ1n) is 5.37. The third-order valence-electron chi connectivity index (χ3n) is 2.41. The van der Waals surface area contributed by atoms with Crippen molar-refractivity contribution in [3.05, 3.63) is 66.1 Å². The molecule has 1 atom stereocenters. The summed E-state index contributed by atoms with van der Waals surface area (Å²) in [4.78, 5) is 0. The predicted octanol–water partition coefficient (Wildman–Crippen LogP) is 3.38. The van der Waals surface area contributed by atoms with Gasteiger partial charge in [0.05, 0.1) is 12.3 Å². The molecule has 1 aromatic carbocycles. The van der Waals surface area contributed by atoms with Crippen LogP contribution < -0.4 is 5.73 Å². The molecule has 0 amide bonds. The minimum Gasteiger partial charge on any atom is -0.468 e. The molecule has 2 heteroatoms. The van der Waals surface area contributed by atoms with Crippen LogP contribution in [0.25, 0.3) is 6.08 Å². The summed E-state index contributed by atoms with van der Waals surface area (Å²) in [5.74, 6) is 0.831. The molecule has 0 fully saturated rings. The number of benzene rings is 1. The van der Waals surface area contributed by atoms with Gasteiger partial charge in [-0.25, -0.2) is 0 Å². The van der Waals surface area contributed by atoms with Crippen LogP contribution in [-0.4, -0.2) is 0 Å². The summed E-state index contributed by atoms with van der Waals surface area (Å²) < 4.78 is 5.24. The van der Waals surface area contributed by atoms with Crippen molar-refractivity contribution in [1.29, 1.82) is 0 Å². The van der Waals surface area contributed by atoms with Gasteiger partial charge >= 0.3 is 0 Å². The number of rotatable bonds is 4. The predicted molar refractivity (Wildman–Crippen MR) is 65.7 cm³/mol. The van der Waals surface area contributed by atoms with Crippen LogP contribution in [0.1, 0.15) is 23.8 Å². The van der Waals surface area contributed by atoms with E-state index in [9.17, 15) is 0 Å². The largest absolute Gasteiger partial charge is 0.468 e. The Hall–Kier alpha value is -1.80. The van der Waals surface area contributed by atoms with Crippen molar-refractivity contribution < 1.29 is 4.42 Å². The summed E-state index contributed by atoms with van der Waals surface area (Å²) in [6, 6.07) is 13.9. The number of hydrogen-bond donors (Lipinski definition) is 1. The second-order valence-electron chi connectivity index (χ2n) is 3.67. The van der Waals surface area contributed by atoms with Gasteiger partial charge in [-0.1, -0.05) is 42.5 Å². The van der Waals surface area contributed by atoms with E-state index in [1.807, 2.05) is 30.3 Å². The fourth-order valence-corrected chi connectivity index (χ4v) is 1.53. The van der Waals surface area contributed by atoms with Crippen LogP contribution >= 0.6 is 0 Å². The van der Waals surface area contributed by atoms with Gasteiger partial charge in [0, 0.05) is 0 Å². The van der Waals surface area contributed by atoms with Crippen molar-refractivity contribution in [2.75, 3.05) is 0 Å². The van der Waals surface area contributed by atoms with Gasteiger partial charge in [-0.2, -0.15) is 0 Å². The lowest BCUT2D eigenvalue weighted by Gasteiger charge is -2.04. The van der Waals surface area contributed by atoms with Gasteiger partial charge in [-0.3, -0.25) is 0 Å². The fourth-order valence-electron chi connectivity index (χ4n) is 1.53. The van der Waals surface area contributed by atoms with E-state index in [0.717, 1.165) is 12.2 Å². The normalized spacial score (nSPS) is 13.1. The maximum atomic E-state index is 5.96. The molecule has 2 rings (SSSR count). The minimum absolute atomic E-state index is 0.0602. The summed E-state index contributed by atoms with van der Waals surface area (Å²) in [5, 5.41) is 0. The van der Waals surface area contributed by atoms with E-state index >= 15 is 0 Å². The first-order chi connectivity index (χ1) is 7.86. The third-order valence-corrected chi connectivity index (χ3v) is 2.41. The lowest BCUT2D eigenvalue weighted by Crippen LogP contribution is -2.07. The first kappa shape index (κ1) is 10.7. The maximum Gasteiger partial charge on any atom is 0.120 e. The molecule has 0 saturated carbocycles. The molecule has 1 aromatic heterocycles. The summed E-state index contributed by atoms with van der Waals surface area (Å²) in [5.41, 5.74) is 7.15. The molecule has 0 aliphatic carbocycles. The monoisotopic (exact) mass is 213 g/mol. The average Bonchev–Trinajstić information content (AvgIpc) is 2.84. The molecule has 1 heterocycles. The van der Waals surface area contributed by atoms with Gasteiger partial charge in [0.25, 0.3) is 0 Å². The molecule has 0 bridgehead atoms. The van der Waals surface area contributed by atoms with Crippen molar-refractivity contribution >= 4 is 6.08 Å². The smallest absolute Gasteiger partial charge is 0.120 e. The number of nitrogens with two attached hydrogens (primary N) is 1. The quantitative estimate of drug-likeness (QED) is 0.845. The van der Waals surface area contributed by atoms with Gasteiger partial charge in [0.1, 0.15) is 5.76 Å². The molecule has 1 unspecified atom stereocenters. The van der Waals surface area contributed by atoms with E-state index in [0.29, 0.717) is 0 Å². The van der Waals surface area contributed by atoms with Crippen LogP contribution in [0.15, 0.2) is 59.2 Å². The van der Waals surface area contributed by atoms with Crippen LogP contribution in [0.5, 0.6) is 0 Å². The standard InChI is InChI=1S/C14H15NO/c15-13(14-10-5-11-16-14)9-4-8-12-6-2-1-3-7-12/h1-8,10-11,13H,9,15H2. The van der Waals surface area contributed by atoms with E-state index in [1.54, 1.807) is 6.26 Å². The molecule has 2 nitrogen and oxygen atoms in total. The number of furan rings is 1. The first-order valence-corrected chi connectivity index (χ1v) is 5.37. The number of hydrogen-bond acceptors (Lipinski definition) is 2. The summed E-state index contributed by atoms with van der Waals surface area (Å²) >= 11 is 0. The van der Waals surface area contributed by atoms with E-state index in [1.165, 1.54) is 5.56 Å². The van der Waals surface area contributed by atoms with Crippen molar-refractivity contribution in [2.45, 2.75) is 12.5 Å².